The van der Waals surface area contributed by atoms with Gasteiger partial charge in [0.15, 0.2) is 0 Å². The monoisotopic (exact) mass is 423 g/mol. The van der Waals surface area contributed by atoms with Crippen molar-refractivity contribution in [2.45, 2.75) is 6.54 Å². The number of nitrogens with zero attached hydrogens (tertiary/aromatic N) is 3. The molecule has 0 bridgehead atoms. The van der Waals surface area contributed by atoms with E-state index in [9.17, 15) is 4.79 Å². The number of ether oxygens (including phenoxy) is 1. The molecule has 0 unspecified atom stereocenters. The largest absolute Gasteiger partial charge is 0.497 e. The number of carbonyl (C=O) groups is 1. The molecule has 1 amide bonds. The molecule has 3 aromatic carbocycles. The normalized spacial score (nSPS) is 11.0. The van der Waals surface area contributed by atoms with Gasteiger partial charge in [-0.05, 0) is 54.1 Å². The number of amides is 1. The van der Waals surface area contributed by atoms with Gasteiger partial charge in [0.1, 0.15) is 23.6 Å². The quantitative estimate of drug-likeness (QED) is 0.444. The topological polar surface area (TPSA) is 95.1 Å². The van der Waals surface area contributed by atoms with Gasteiger partial charge in [0.2, 0.25) is 0 Å². The lowest BCUT2D eigenvalue weighted by atomic mass is 10.1. The van der Waals surface area contributed by atoms with Gasteiger partial charge in [0.25, 0.3) is 5.91 Å². The summed E-state index contributed by atoms with van der Waals surface area (Å²) in [5, 5.41) is 4.81. The third kappa shape index (κ3) is 3.50. The number of hydrogen-bond acceptors (Lipinski definition) is 5. The molecular weight excluding hydrogens is 402 g/mol. The second-order valence-corrected chi connectivity index (χ2v) is 7.41. The van der Waals surface area contributed by atoms with E-state index < -0.39 is 0 Å². The van der Waals surface area contributed by atoms with Crippen molar-refractivity contribution in [3.8, 4) is 11.4 Å². The number of hydrogen-bond donors (Lipinski definition) is 2. The molecule has 0 radical (unpaired) electrons. The molecule has 32 heavy (non-hydrogen) atoms. The molecule has 2 heterocycles. The summed E-state index contributed by atoms with van der Waals surface area (Å²) in [6, 6.07) is 23.2. The summed E-state index contributed by atoms with van der Waals surface area (Å²) in [7, 11) is 1.63. The number of rotatable bonds is 5. The van der Waals surface area contributed by atoms with Crippen LogP contribution in [0.25, 0.3) is 27.5 Å². The van der Waals surface area contributed by atoms with E-state index in [0.29, 0.717) is 18.1 Å². The first kappa shape index (κ1) is 19.6. The van der Waals surface area contributed by atoms with Gasteiger partial charge in [-0.3, -0.25) is 4.79 Å². The maximum Gasteiger partial charge on any atom is 0.268 e. The Labute approximate surface area is 184 Å². The standard InChI is InChI=1S/C25H21N5O2/c1-32-19-9-7-18(8-10-19)30-22-5-3-2-4-17(22)13-23(30)25(31)27-14-16-6-11-20-21(12-16)28-15-29-24(20)26/h2-13,15H,14H2,1H3,(H,27,31)(H2,26,28,29). The van der Waals surface area contributed by atoms with Crippen LogP contribution in [-0.2, 0) is 6.54 Å². The molecule has 5 rings (SSSR count). The van der Waals surface area contributed by atoms with Crippen LogP contribution < -0.4 is 15.8 Å². The van der Waals surface area contributed by atoms with Crippen LogP contribution in [0.3, 0.4) is 0 Å². The molecule has 3 N–H and O–H groups in total. The highest BCUT2D eigenvalue weighted by Gasteiger charge is 2.17. The minimum absolute atomic E-state index is 0.167. The van der Waals surface area contributed by atoms with E-state index in [-0.39, 0.29) is 5.91 Å². The Morgan fingerprint density at radius 3 is 2.66 bits per heavy atom. The first-order valence-electron chi connectivity index (χ1n) is 10.2. The minimum atomic E-state index is -0.167. The first-order chi connectivity index (χ1) is 15.6. The number of nitrogens with one attached hydrogen (secondary N) is 1. The zero-order chi connectivity index (χ0) is 22.1. The summed E-state index contributed by atoms with van der Waals surface area (Å²) in [4.78, 5) is 21.5. The van der Waals surface area contributed by atoms with Crippen molar-refractivity contribution in [3.05, 3.63) is 90.4 Å². The molecule has 0 atom stereocenters. The van der Waals surface area contributed by atoms with Crippen molar-refractivity contribution in [3.63, 3.8) is 0 Å². The molecular formula is C25H21N5O2. The lowest BCUT2D eigenvalue weighted by Crippen LogP contribution is -2.25. The van der Waals surface area contributed by atoms with Gasteiger partial charge in [0.05, 0.1) is 18.1 Å². The Hall–Kier alpha value is -4.39. The summed E-state index contributed by atoms with van der Waals surface area (Å²) in [6.45, 7) is 0.364. The van der Waals surface area contributed by atoms with Gasteiger partial charge in [-0.2, -0.15) is 0 Å². The van der Waals surface area contributed by atoms with E-state index in [1.165, 1.54) is 6.33 Å². The summed E-state index contributed by atoms with van der Waals surface area (Å²) in [5.74, 6) is 1.03. The lowest BCUT2D eigenvalue weighted by molar-refractivity contribution is 0.0944. The highest BCUT2D eigenvalue weighted by Crippen LogP contribution is 2.26. The smallest absolute Gasteiger partial charge is 0.268 e. The molecule has 0 spiro atoms. The highest BCUT2D eigenvalue weighted by atomic mass is 16.5. The predicted octanol–water partition coefficient (Wildman–Crippen LogP) is 4.09. The predicted molar refractivity (Wildman–Crippen MR) is 125 cm³/mol. The molecule has 0 saturated carbocycles. The molecule has 0 aliphatic rings. The number of aromatic nitrogens is 3. The van der Waals surface area contributed by atoms with Gasteiger partial charge < -0.3 is 20.4 Å². The van der Waals surface area contributed by atoms with Crippen molar-refractivity contribution in [2.24, 2.45) is 0 Å². The van der Waals surface area contributed by atoms with Crippen molar-refractivity contribution >= 4 is 33.5 Å². The average molecular weight is 423 g/mol. The fourth-order valence-corrected chi connectivity index (χ4v) is 3.84. The number of benzene rings is 3. The van der Waals surface area contributed by atoms with Crippen LogP contribution >= 0.6 is 0 Å². The molecule has 5 aromatic rings. The van der Waals surface area contributed by atoms with Crippen molar-refractivity contribution in [2.75, 3.05) is 12.8 Å². The minimum Gasteiger partial charge on any atom is -0.497 e. The lowest BCUT2D eigenvalue weighted by Gasteiger charge is -2.12. The SMILES string of the molecule is COc1ccc(-n2c(C(=O)NCc3ccc4c(N)ncnc4c3)cc3ccccc32)cc1. The third-order valence-corrected chi connectivity index (χ3v) is 5.46. The number of nitrogen functional groups attached to an aromatic ring is 1. The van der Waals surface area contributed by atoms with Crippen LogP contribution in [0.4, 0.5) is 5.82 Å². The average Bonchev–Trinajstić information content (AvgIpc) is 3.22. The molecule has 0 saturated heterocycles. The summed E-state index contributed by atoms with van der Waals surface area (Å²) in [5.41, 5.74) is 9.98. The van der Waals surface area contributed by atoms with E-state index in [4.69, 9.17) is 10.5 Å². The molecule has 158 valence electrons. The zero-order valence-electron chi connectivity index (χ0n) is 17.4. The Bertz CT molecular complexity index is 1440. The maximum atomic E-state index is 13.2. The van der Waals surface area contributed by atoms with E-state index in [1.807, 2.05) is 77.4 Å². The Kier molecular flexibility index (Phi) is 4.91. The van der Waals surface area contributed by atoms with Crippen LogP contribution in [-0.4, -0.2) is 27.6 Å². The van der Waals surface area contributed by atoms with Gasteiger partial charge in [0, 0.05) is 23.0 Å². The van der Waals surface area contributed by atoms with Crippen molar-refractivity contribution in [1.29, 1.82) is 0 Å². The van der Waals surface area contributed by atoms with Gasteiger partial charge in [-0.25, -0.2) is 9.97 Å². The van der Waals surface area contributed by atoms with E-state index in [0.717, 1.165) is 38.8 Å². The van der Waals surface area contributed by atoms with Gasteiger partial charge >= 0.3 is 0 Å². The summed E-state index contributed by atoms with van der Waals surface area (Å²) < 4.78 is 7.23. The van der Waals surface area contributed by atoms with Crippen molar-refractivity contribution in [1.82, 2.24) is 19.9 Å². The number of fused-ring (bicyclic) bond motifs is 2. The van der Waals surface area contributed by atoms with Crippen LogP contribution in [0, 0.1) is 0 Å². The molecule has 0 aliphatic carbocycles. The molecule has 0 fully saturated rings. The Morgan fingerprint density at radius 2 is 1.84 bits per heavy atom. The Balaban J connectivity index is 1.47. The maximum absolute atomic E-state index is 13.2. The third-order valence-electron chi connectivity index (χ3n) is 5.46. The Morgan fingerprint density at radius 1 is 1.03 bits per heavy atom. The number of para-hydroxylation sites is 1. The summed E-state index contributed by atoms with van der Waals surface area (Å²) >= 11 is 0. The van der Waals surface area contributed by atoms with E-state index >= 15 is 0 Å². The van der Waals surface area contributed by atoms with Crippen LogP contribution in [0.5, 0.6) is 5.75 Å². The number of nitrogens with two attached hydrogens (primary N) is 1. The fraction of sp³-hybridized carbons (Fsp3) is 0.0800. The van der Waals surface area contributed by atoms with Crippen molar-refractivity contribution < 1.29 is 9.53 Å². The highest BCUT2D eigenvalue weighted by molar-refractivity contribution is 6.00. The van der Waals surface area contributed by atoms with Crippen LogP contribution in [0.15, 0.2) is 79.1 Å². The molecule has 2 aromatic heterocycles. The van der Waals surface area contributed by atoms with E-state index in [2.05, 4.69) is 15.3 Å². The first-order valence-corrected chi connectivity index (χ1v) is 10.2. The molecule has 7 heteroatoms. The number of methoxy groups -OCH3 is 1. The second kappa shape index (κ2) is 8.03. The van der Waals surface area contributed by atoms with Crippen LogP contribution in [0.2, 0.25) is 0 Å². The van der Waals surface area contributed by atoms with Gasteiger partial charge in [-0.15, -0.1) is 0 Å². The van der Waals surface area contributed by atoms with Crippen LogP contribution in [0.1, 0.15) is 16.1 Å². The second-order valence-electron chi connectivity index (χ2n) is 7.41. The fourth-order valence-electron chi connectivity index (χ4n) is 3.84. The van der Waals surface area contributed by atoms with E-state index in [1.54, 1.807) is 7.11 Å². The number of carbonyl (C=O) groups excluding carboxylic acids is 1. The number of anilines is 1. The zero-order valence-corrected chi connectivity index (χ0v) is 17.4. The molecule has 0 aliphatic heterocycles. The molecule has 7 nitrogen and oxygen atoms in total. The van der Waals surface area contributed by atoms with Gasteiger partial charge in [-0.1, -0.05) is 24.3 Å². The summed E-state index contributed by atoms with van der Waals surface area (Å²) in [6.07, 6.45) is 1.44.